The summed E-state index contributed by atoms with van der Waals surface area (Å²) in [5.41, 5.74) is 14.0. The van der Waals surface area contributed by atoms with Crippen LogP contribution >= 0.6 is 11.3 Å². The van der Waals surface area contributed by atoms with E-state index in [4.69, 9.17) is 20.6 Å². The van der Waals surface area contributed by atoms with Gasteiger partial charge < -0.3 is 25.6 Å². The van der Waals surface area contributed by atoms with Gasteiger partial charge >= 0.3 is 5.97 Å². The molecule has 2 aliphatic heterocycles. The van der Waals surface area contributed by atoms with Gasteiger partial charge in [-0.1, -0.05) is 6.92 Å². The van der Waals surface area contributed by atoms with Crippen molar-refractivity contribution in [3.8, 4) is 5.75 Å². The van der Waals surface area contributed by atoms with Gasteiger partial charge in [-0.25, -0.2) is 14.8 Å². The molecule has 196 valence electrons. The number of carbonyl (C=O) groups excluding carboxylic acids is 1. The fraction of sp³-hybridized carbons (Fsp3) is 0.240. The van der Waals surface area contributed by atoms with Crippen LogP contribution in [0.4, 0.5) is 11.5 Å². The summed E-state index contributed by atoms with van der Waals surface area (Å²) in [5.74, 6) is -0.455. The molecule has 0 saturated carbocycles. The van der Waals surface area contributed by atoms with Crippen LogP contribution in [0.3, 0.4) is 0 Å². The van der Waals surface area contributed by atoms with E-state index in [2.05, 4.69) is 20.7 Å². The van der Waals surface area contributed by atoms with Crippen molar-refractivity contribution in [2.45, 2.75) is 26.0 Å². The van der Waals surface area contributed by atoms with Gasteiger partial charge in [-0.2, -0.15) is 0 Å². The van der Waals surface area contributed by atoms with Gasteiger partial charge in [0.05, 0.1) is 12.1 Å². The van der Waals surface area contributed by atoms with Gasteiger partial charge in [0.25, 0.3) is 5.91 Å². The molecular formula is C25H25N7O5S. The molecule has 0 fully saturated rings. The largest absolute Gasteiger partial charge is 0.477 e. The van der Waals surface area contributed by atoms with Crippen molar-refractivity contribution in [1.29, 1.82) is 5.41 Å². The normalized spacial score (nSPS) is 15.6. The number of ether oxygens (including phenoxy) is 2. The molecule has 1 aromatic heterocycles. The number of nitrogens with zero attached hydrogens (tertiary/aromatic N) is 3. The number of hydrazine groups is 1. The number of thiazole rings is 1. The fourth-order valence-electron chi connectivity index (χ4n) is 4.29. The van der Waals surface area contributed by atoms with Crippen molar-refractivity contribution in [3.05, 3.63) is 69.0 Å². The number of carbonyl (C=O) groups is 2. The summed E-state index contributed by atoms with van der Waals surface area (Å²) in [4.78, 5) is 33.0. The summed E-state index contributed by atoms with van der Waals surface area (Å²) in [6, 6.07) is 10.5. The summed E-state index contributed by atoms with van der Waals surface area (Å²) in [5, 5.41) is 21.8. The molecule has 1 amide bonds. The Labute approximate surface area is 221 Å². The number of carboxylic acid groups (broad SMARTS) is 1. The highest BCUT2D eigenvalue weighted by molar-refractivity contribution is 7.12. The van der Waals surface area contributed by atoms with Crippen molar-refractivity contribution in [3.63, 3.8) is 0 Å². The Morgan fingerprint density at radius 1 is 1.34 bits per heavy atom. The first kappa shape index (κ1) is 25.2. The van der Waals surface area contributed by atoms with Crippen LogP contribution in [0.25, 0.3) is 0 Å². The lowest BCUT2D eigenvalue weighted by Gasteiger charge is -2.32. The minimum Gasteiger partial charge on any atom is -0.477 e. The van der Waals surface area contributed by atoms with E-state index in [1.165, 1.54) is 5.51 Å². The van der Waals surface area contributed by atoms with Crippen molar-refractivity contribution in [1.82, 2.24) is 10.4 Å². The van der Waals surface area contributed by atoms with E-state index in [0.717, 1.165) is 50.9 Å². The van der Waals surface area contributed by atoms with E-state index in [9.17, 15) is 14.7 Å². The molecule has 0 bridgehead atoms. The second kappa shape index (κ2) is 10.5. The Hall–Kier alpha value is -4.49. The fourth-order valence-corrected chi connectivity index (χ4v) is 4.89. The quantitative estimate of drug-likeness (QED) is 0.214. The van der Waals surface area contributed by atoms with Crippen molar-refractivity contribution in [2.24, 2.45) is 10.7 Å². The Balaban J connectivity index is 1.55. The number of carboxylic acids is 1. The second-order valence-electron chi connectivity index (χ2n) is 8.55. The van der Waals surface area contributed by atoms with Gasteiger partial charge in [0, 0.05) is 16.8 Å². The van der Waals surface area contributed by atoms with Crippen molar-refractivity contribution in [2.75, 3.05) is 23.7 Å². The van der Waals surface area contributed by atoms with E-state index in [0.29, 0.717) is 18.0 Å². The van der Waals surface area contributed by atoms with Gasteiger partial charge in [0.15, 0.2) is 17.5 Å². The first-order valence-electron chi connectivity index (χ1n) is 11.7. The molecule has 3 heterocycles. The molecule has 0 radical (unpaired) electrons. The molecule has 5 rings (SSSR count). The van der Waals surface area contributed by atoms with Crippen molar-refractivity contribution >= 4 is 46.4 Å². The third-order valence-electron chi connectivity index (χ3n) is 6.12. The molecule has 2 aliphatic rings. The summed E-state index contributed by atoms with van der Waals surface area (Å²) < 4.78 is 11.3. The van der Waals surface area contributed by atoms with E-state index in [1.54, 1.807) is 24.3 Å². The summed E-state index contributed by atoms with van der Waals surface area (Å²) in [7, 11) is 0. The molecule has 1 unspecified atom stereocenters. The number of aromatic nitrogens is 1. The summed E-state index contributed by atoms with van der Waals surface area (Å²) in [6.07, 6.45) is 0.724. The van der Waals surface area contributed by atoms with Gasteiger partial charge in [0.2, 0.25) is 0 Å². The number of amides is 1. The molecule has 12 nitrogen and oxygen atoms in total. The highest BCUT2D eigenvalue weighted by atomic mass is 32.1. The average molecular weight is 536 g/mol. The maximum Gasteiger partial charge on any atom is 0.349 e. The minimum absolute atomic E-state index is 0.00551. The highest BCUT2D eigenvalue weighted by Crippen LogP contribution is 2.34. The zero-order valence-electron chi connectivity index (χ0n) is 20.4. The molecule has 6 N–H and O–H groups in total. The lowest BCUT2D eigenvalue weighted by Crippen LogP contribution is -2.54. The third-order valence-corrected chi connectivity index (χ3v) is 6.92. The Morgan fingerprint density at radius 2 is 2.13 bits per heavy atom. The second-order valence-corrected chi connectivity index (χ2v) is 9.41. The number of amidine groups is 2. The van der Waals surface area contributed by atoms with Crippen LogP contribution in [-0.4, -0.2) is 47.0 Å². The van der Waals surface area contributed by atoms with Crippen LogP contribution in [0, 0.1) is 5.41 Å². The molecule has 38 heavy (non-hydrogen) atoms. The number of nitrogens with two attached hydrogens (primary N) is 1. The maximum atomic E-state index is 12.8. The minimum atomic E-state index is -1.18. The SMILES string of the molecule is CCc1cc(C(Nc2ccc(C(=N)N)cc2)C2=NCC(=O)N(c3ncsc3C(=O)O)N2)cc2c1OCOC2. The van der Waals surface area contributed by atoms with Crippen LogP contribution in [0.5, 0.6) is 5.75 Å². The Bertz CT molecular complexity index is 1420. The van der Waals surface area contributed by atoms with Crippen molar-refractivity contribution < 1.29 is 24.2 Å². The number of anilines is 2. The number of fused-ring (bicyclic) bond motifs is 1. The van der Waals surface area contributed by atoms with Gasteiger partial charge in [-0.15, -0.1) is 11.3 Å². The number of hydrogen-bond acceptors (Lipinski definition) is 10. The molecular weight excluding hydrogens is 510 g/mol. The predicted molar refractivity (Wildman–Crippen MR) is 142 cm³/mol. The average Bonchev–Trinajstić information content (AvgIpc) is 3.42. The lowest BCUT2D eigenvalue weighted by atomic mass is 9.96. The smallest absolute Gasteiger partial charge is 0.349 e. The number of nitrogens with one attached hydrogen (secondary N) is 3. The molecule has 0 spiro atoms. The first-order chi connectivity index (χ1) is 18.4. The Morgan fingerprint density at radius 3 is 2.84 bits per heavy atom. The van der Waals surface area contributed by atoms with Crippen LogP contribution < -0.4 is 26.2 Å². The predicted octanol–water partition coefficient (Wildman–Crippen LogP) is 2.66. The van der Waals surface area contributed by atoms with Gasteiger partial charge in [-0.05, 0) is 53.9 Å². The number of aliphatic imine (C=N–C) groups is 1. The van der Waals surface area contributed by atoms with E-state index in [-0.39, 0.29) is 29.9 Å². The van der Waals surface area contributed by atoms with Gasteiger partial charge in [-0.3, -0.25) is 20.6 Å². The zero-order chi connectivity index (χ0) is 26.8. The van der Waals surface area contributed by atoms with E-state index in [1.807, 2.05) is 19.1 Å². The van der Waals surface area contributed by atoms with Crippen LogP contribution in [0.2, 0.25) is 0 Å². The number of aryl methyl sites for hydroxylation is 1. The van der Waals surface area contributed by atoms with E-state index >= 15 is 0 Å². The summed E-state index contributed by atoms with van der Waals surface area (Å²) >= 11 is 0.931. The van der Waals surface area contributed by atoms with Crippen LogP contribution in [-0.2, 0) is 22.6 Å². The number of hydrogen-bond donors (Lipinski definition) is 5. The maximum absolute atomic E-state index is 12.8. The number of benzene rings is 2. The summed E-state index contributed by atoms with van der Waals surface area (Å²) in [6.45, 7) is 2.42. The Kier molecular flexibility index (Phi) is 6.94. The van der Waals surface area contributed by atoms with Crippen LogP contribution in [0.15, 0.2) is 46.9 Å². The molecule has 0 saturated heterocycles. The highest BCUT2D eigenvalue weighted by Gasteiger charge is 2.32. The standard InChI is InChI=1S/C25H25N7O5S/c1-2-13-7-15(8-16-10-36-12-37-20(13)16)19(30-17-5-3-14(4-6-17)22(26)27)23-28-9-18(33)32(31-23)24-21(25(34)35)38-11-29-24/h3-8,11,19,30H,2,9-10,12H2,1H3,(H3,26,27)(H,28,31)(H,34,35). The molecule has 0 aliphatic carbocycles. The number of nitrogen functional groups attached to an aromatic ring is 1. The molecule has 1 atom stereocenters. The van der Waals surface area contributed by atoms with Gasteiger partial charge in [0.1, 0.15) is 30.0 Å². The molecule has 2 aromatic carbocycles. The van der Waals surface area contributed by atoms with E-state index < -0.39 is 17.9 Å². The number of rotatable bonds is 8. The van der Waals surface area contributed by atoms with Crippen LogP contribution in [0.1, 0.15) is 44.9 Å². The molecule has 13 heteroatoms. The molecule has 3 aromatic rings. The third kappa shape index (κ3) is 4.88. The first-order valence-corrected chi connectivity index (χ1v) is 12.6. The number of aromatic carboxylic acids is 1. The topological polar surface area (TPSA) is 175 Å². The monoisotopic (exact) mass is 535 g/mol. The zero-order valence-corrected chi connectivity index (χ0v) is 21.2. The lowest BCUT2D eigenvalue weighted by molar-refractivity contribution is -0.118.